The van der Waals surface area contributed by atoms with Crippen molar-refractivity contribution >= 4 is 17.6 Å². The maximum Gasteiger partial charge on any atom is 0.306 e. The molecule has 0 saturated heterocycles. The molecule has 0 amide bonds. The number of nitrogens with zero attached hydrogens (tertiary/aromatic N) is 2. The lowest BCUT2D eigenvalue weighted by Gasteiger charge is -2.20. The molecule has 1 heterocycles. The van der Waals surface area contributed by atoms with Crippen LogP contribution in [0, 0.1) is 5.92 Å². The van der Waals surface area contributed by atoms with Crippen LogP contribution in [0.15, 0.2) is 28.7 Å². The first-order chi connectivity index (χ1) is 11.2. The molecule has 5 nitrogen and oxygen atoms in total. The molecule has 1 saturated carbocycles. The Bertz CT molecular complexity index is 665. The maximum atomic E-state index is 11.9. The summed E-state index contributed by atoms with van der Waals surface area (Å²) in [6, 6.07) is 7.23. The van der Waals surface area contributed by atoms with Gasteiger partial charge < -0.3 is 9.15 Å². The molecule has 122 valence electrons. The Balaban J connectivity index is 1.53. The lowest BCUT2D eigenvalue weighted by molar-refractivity contribution is -0.147. The number of hydrogen-bond donors (Lipinski definition) is 0. The Morgan fingerprint density at radius 2 is 2.00 bits per heavy atom. The van der Waals surface area contributed by atoms with Crippen LogP contribution in [0.4, 0.5) is 0 Å². The van der Waals surface area contributed by atoms with Gasteiger partial charge in [0, 0.05) is 6.42 Å². The number of benzene rings is 1. The smallest absolute Gasteiger partial charge is 0.306 e. The number of rotatable bonds is 5. The predicted octanol–water partition coefficient (Wildman–Crippen LogP) is 4.40. The van der Waals surface area contributed by atoms with Gasteiger partial charge in [-0.3, -0.25) is 4.79 Å². The van der Waals surface area contributed by atoms with Crippen molar-refractivity contribution in [3.8, 4) is 11.5 Å². The molecular formula is C17H19ClN2O3. The first-order valence-electron chi connectivity index (χ1n) is 7.95. The quantitative estimate of drug-likeness (QED) is 0.758. The summed E-state index contributed by atoms with van der Waals surface area (Å²) < 4.78 is 10.7. The second-order valence-corrected chi connectivity index (χ2v) is 6.26. The molecule has 1 aromatic heterocycles. The molecule has 1 fully saturated rings. The summed E-state index contributed by atoms with van der Waals surface area (Å²) in [5.74, 6) is 0.859. The van der Waals surface area contributed by atoms with Gasteiger partial charge in [0.2, 0.25) is 5.89 Å². The van der Waals surface area contributed by atoms with Gasteiger partial charge in [-0.1, -0.05) is 43.0 Å². The molecule has 1 aliphatic rings. The summed E-state index contributed by atoms with van der Waals surface area (Å²) in [6.07, 6.45) is 6.41. The van der Waals surface area contributed by atoms with Crippen molar-refractivity contribution in [2.75, 3.05) is 0 Å². The molecule has 0 atom stereocenters. The standard InChI is InChI=1S/C17H19ClN2O3/c18-14-9-5-4-8-13(14)17-20-19-15(23-17)11-22-16(21)10-12-6-2-1-3-7-12/h4-5,8-9,12H,1-3,6-7,10-11H2. The second-order valence-electron chi connectivity index (χ2n) is 5.85. The van der Waals surface area contributed by atoms with Gasteiger partial charge >= 0.3 is 5.97 Å². The van der Waals surface area contributed by atoms with Crippen molar-refractivity contribution in [3.63, 3.8) is 0 Å². The highest BCUT2D eigenvalue weighted by molar-refractivity contribution is 6.33. The van der Waals surface area contributed by atoms with E-state index in [2.05, 4.69) is 10.2 Å². The Hall–Kier alpha value is -1.88. The van der Waals surface area contributed by atoms with Crippen LogP contribution in [0.5, 0.6) is 0 Å². The molecule has 2 aromatic rings. The Morgan fingerprint density at radius 1 is 1.22 bits per heavy atom. The summed E-state index contributed by atoms with van der Waals surface area (Å²) in [7, 11) is 0. The molecule has 1 aromatic carbocycles. The van der Waals surface area contributed by atoms with Gasteiger partial charge in [-0.05, 0) is 30.9 Å². The third-order valence-corrected chi connectivity index (χ3v) is 4.44. The van der Waals surface area contributed by atoms with Crippen molar-refractivity contribution in [2.24, 2.45) is 5.92 Å². The lowest BCUT2D eigenvalue weighted by atomic mass is 9.87. The molecule has 3 rings (SSSR count). The molecule has 0 unspecified atom stereocenters. The number of halogens is 1. The van der Waals surface area contributed by atoms with E-state index in [0.717, 1.165) is 12.8 Å². The zero-order valence-electron chi connectivity index (χ0n) is 12.8. The number of ether oxygens (including phenoxy) is 1. The van der Waals surface area contributed by atoms with Crippen molar-refractivity contribution in [2.45, 2.75) is 45.1 Å². The largest absolute Gasteiger partial charge is 0.456 e. The van der Waals surface area contributed by atoms with Gasteiger partial charge in [-0.15, -0.1) is 10.2 Å². The van der Waals surface area contributed by atoms with Crippen molar-refractivity contribution < 1.29 is 13.9 Å². The molecule has 0 bridgehead atoms. The van der Waals surface area contributed by atoms with Crippen LogP contribution in [0.2, 0.25) is 5.02 Å². The zero-order chi connectivity index (χ0) is 16.1. The van der Waals surface area contributed by atoms with Crippen LogP contribution >= 0.6 is 11.6 Å². The summed E-state index contributed by atoms with van der Waals surface area (Å²) >= 11 is 6.09. The average Bonchev–Trinajstić information content (AvgIpc) is 3.03. The number of carbonyl (C=O) groups is 1. The second kappa shape index (κ2) is 7.59. The molecule has 0 N–H and O–H groups in total. The Labute approximate surface area is 140 Å². The van der Waals surface area contributed by atoms with Gasteiger partial charge in [0.1, 0.15) is 0 Å². The minimum atomic E-state index is -0.200. The Kier molecular flexibility index (Phi) is 5.28. The summed E-state index contributed by atoms with van der Waals surface area (Å²) in [6.45, 7) is 0.00298. The van der Waals surface area contributed by atoms with Crippen LogP contribution in [-0.2, 0) is 16.1 Å². The molecule has 0 aliphatic heterocycles. The van der Waals surface area contributed by atoms with Gasteiger partial charge in [-0.25, -0.2) is 0 Å². The fourth-order valence-corrected chi connectivity index (χ4v) is 3.10. The number of esters is 1. The predicted molar refractivity (Wildman–Crippen MR) is 85.7 cm³/mol. The molecule has 0 spiro atoms. The van der Waals surface area contributed by atoms with E-state index in [9.17, 15) is 4.79 Å². The number of hydrogen-bond acceptors (Lipinski definition) is 5. The number of carbonyl (C=O) groups excluding carboxylic acids is 1. The summed E-state index contributed by atoms with van der Waals surface area (Å²) in [4.78, 5) is 11.9. The molecule has 6 heteroatoms. The third-order valence-electron chi connectivity index (χ3n) is 4.11. The van der Waals surface area contributed by atoms with Crippen molar-refractivity contribution in [1.29, 1.82) is 0 Å². The average molecular weight is 335 g/mol. The van der Waals surface area contributed by atoms with Crippen LogP contribution in [-0.4, -0.2) is 16.2 Å². The van der Waals surface area contributed by atoms with Gasteiger partial charge in [0.15, 0.2) is 6.61 Å². The van der Waals surface area contributed by atoms with Crippen molar-refractivity contribution in [3.05, 3.63) is 35.2 Å². The van der Waals surface area contributed by atoms with E-state index in [4.69, 9.17) is 20.8 Å². The fourth-order valence-electron chi connectivity index (χ4n) is 2.88. The fraction of sp³-hybridized carbons (Fsp3) is 0.471. The van der Waals surface area contributed by atoms with Gasteiger partial charge in [-0.2, -0.15) is 0 Å². The van der Waals surface area contributed by atoms with Crippen LogP contribution in [0.25, 0.3) is 11.5 Å². The van der Waals surface area contributed by atoms with Crippen LogP contribution < -0.4 is 0 Å². The van der Waals surface area contributed by atoms with E-state index < -0.39 is 0 Å². The van der Waals surface area contributed by atoms with E-state index >= 15 is 0 Å². The zero-order valence-corrected chi connectivity index (χ0v) is 13.6. The van der Waals surface area contributed by atoms with Gasteiger partial charge in [0.05, 0.1) is 10.6 Å². The Morgan fingerprint density at radius 3 is 2.78 bits per heavy atom. The molecule has 0 radical (unpaired) electrons. The SMILES string of the molecule is O=C(CC1CCCCC1)OCc1nnc(-c2ccccc2Cl)o1. The van der Waals surface area contributed by atoms with E-state index in [1.54, 1.807) is 12.1 Å². The maximum absolute atomic E-state index is 11.9. The third kappa shape index (κ3) is 4.32. The highest BCUT2D eigenvalue weighted by Gasteiger charge is 2.19. The van der Waals surface area contributed by atoms with E-state index in [1.165, 1.54) is 19.3 Å². The van der Waals surface area contributed by atoms with Gasteiger partial charge in [0.25, 0.3) is 5.89 Å². The minimum absolute atomic E-state index is 0.00298. The van der Waals surface area contributed by atoms with Crippen molar-refractivity contribution in [1.82, 2.24) is 10.2 Å². The topological polar surface area (TPSA) is 65.2 Å². The van der Waals surface area contributed by atoms with E-state index in [1.807, 2.05) is 12.1 Å². The minimum Gasteiger partial charge on any atom is -0.456 e. The number of aromatic nitrogens is 2. The van der Waals surface area contributed by atoms with E-state index in [0.29, 0.717) is 28.8 Å². The molecule has 23 heavy (non-hydrogen) atoms. The lowest BCUT2D eigenvalue weighted by Crippen LogP contribution is -2.14. The normalized spacial score (nSPS) is 15.5. The summed E-state index contributed by atoms with van der Waals surface area (Å²) in [5, 5.41) is 8.39. The molecule has 1 aliphatic carbocycles. The monoisotopic (exact) mass is 334 g/mol. The first kappa shape index (κ1) is 16.0. The highest BCUT2D eigenvalue weighted by atomic mass is 35.5. The summed E-state index contributed by atoms with van der Waals surface area (Å²) in [5.41, 5.74) is 0.668. The van der Waals surface area contributed by atoms with Crippen LogP contribution in [0.1, 0.15) is 44.4 Å². The highest BCUT2D eigenvalue weighted by Crippen LogP contribution is 2.27. The molecular weight excluding hydrogens is 316 g/mol. The van der Waals surface area contributed by atoms with Crippen LogP contribution in [0.3, 0.4) is 0 Å². The first-order valence-corrected chi connectivity index (χ1v) is 8.33. The van der Waals surface area contributed by atoms with E-state index in [-0.39, 0.29) is 18.5 Å².